The number of aromatic nitrogens is 2. The van der Waals surface area contributed by atoms with Gasteiger partial charge in [-0.3, -0.25) is 14.3 Å². The number of carbonyl (C=O) groups excluding carboxylic acids is 1. The summed E-state index contributed by atoms with van der Waals surface area (Å²) in [4.78, 5) is 27.3. The molecule has 2 unspecified atom stereocenters. The first-order chi connectivity index (χ1) is 18.4. The molecule has 1 aromatic heterocycles. The molecule has 2 N–H and O–H groups in total. The highest BCUT2D eigenvalue weighted by Crippen LogP contribution is 2.46. The first-order valence-electron chi connectivity index (χ1n) is 13.7. The molecule has 3 aliphatic rings. The lowest BCUT2D eigenvalue weighted by atomic mass is 9.86. The van der Waals surface area contributed by atoms with Gasteiger partial charge in [-0.25, -0.2) is 0 Å². The lowest BCUT2D eigenvalue weighted by molar-refractivity contribution is -0.142. The second-order valence-electron chi connectivity index (χ2n) is 11.2. The van der Waals surface area contributed by atoms with Crippen molar-refractivity contribution in [2.24, 2.45) is 17.8 Å². The Balaban J connectivity index is 1.28. The summed E-state index contributed by atoms with van der Waals surface area (Å²) in [5.74, 6) is 6.70. The standard InChI is InChI=1S/C31H34N4O3/c1-3-4-21-9-14-27(30(36)33-25-10-5-22(6-11-25)31(37)38)29-28(21)16-32-35(29)19(2)20-7-12-26(13-8-20)34-17-23-15-24(23)18-34/h7-9,12-14,16,19,22-25H,5-6,10-11,15,17-18H2,1-2H3,(H,33,36)(H,37,38)/t19-,22?,23?,24?,25?/m0/s1. The monoisotopic (exact) mass is 510 g/mol. The van der Waals surface area contributed by atoms with Crippen molar-refractivity contribution >= 4 is 28.5 Å². The summed E-state index contributed by atoms with van der Waals surface area (Å²) >= 11 is 0. The number of anilines is 1. The highest BCUT2D eigenvalue weighted by Gasteiger charge is 2.45. The van der Waals surface area contributed by atoms with Gasteiger partial charge < -0.3 is 15.3 Å². The van der Waals surface area contributed by atoms with E-state index in [1.165, 1.54) is 25.2 Å². The quantitative estimate of drug-likeness (QED) is 0.463. The Kier molecular flexibility index (Phi) is 6.35. The van der Waals surface area contributed by atoms with Gasteiger partial charge >= 0.3 is 5.97 Å². The number of carbonyl (C=O) groups is 2. The molecule has 3 fully saturated rings. The van der Waals surface area contributed by atoms with Gasteiger partial charge in [0.15, 0.2) is 0 Å². The Labute approximate surface area is 223 Å². The number of nitrogens with one attached hydrogen (secondary N) is 1. The van der Waals surface area contributed by atoms with Crippen LogP contribution in [-0.2, 0) is 4.79 Å². The maximum absolute atomic E-state index is 13.5. The zero-order valence-corrected chi connectivity index (χ0v) is 22.0. The van der Waals surface area contributed by atoms with Crippen LogP contribution in [0.5, 0.6) is 0 Å². The fourth-order valence-electron chi connectivity index (χ4n) is 6.35. The van der Waals surface area contributed by atoms with E-state index in [-0.39, 0.29) is 23.9 Å². The molecule has 1 saturated heterocycles. The summed E-state index contributed by atoms with van der Waals surface area (Å²) in [5.41, 5.74) is 4.60. The van der Waals surface area contributed by atoms with E-state index >= 15 is 0 Å². The molecule has 6 rings (SSSR count). The molecule has 2 saturated carbocycles. The van der Waals surface area contributed by atoms with Crippen molar-refractivity contribution in [2.75, 3.05) is 18.0 Å². The number of carboxylic acid groups (broad SMARTS) is 1. The molecule has 2 aliphatic carbocycles. The van der Waals surface area contributed by atoms with E-state index in [1.807, 2.05) is 23.0 Å². The van der Waals surface area contributed by atoms with Crippen LogP contribution in [0.15, 0.2) is 42.6 Å². The maximum Gasteiger partial charge on any atom is 0.306 e. The molecule has 0 bridgehead atoms. The highest BCUT2D eigenvalue weighted by molar-refractivity contribution is 6.07. The fraction of sp³-hybridized carbons (Fsp3) is 0.452. The molecular weight excluding hydrogens is 476 g/mol. The highest BCUT2D eigenvalue weighted by atomic mass is 16.4. The number of benzene rings is 2. The van der Waals surface area contributed by atoms with E-state index in [0.29, 0.717) is 31.2 Å². The van der Waals surface area contributed by atoms with Crippen LogP contribution in [0.2, 0.25) is 0 Å². The first-order valence-corrected chi connectivity index (χ1v) is 13.7. The van der Waals surface area contributed by atoms with Crippen LogP contribution in [0.1, 0.15) is 73.5 Å². The van der Waals surface area contributed by atoms with Gasteiger partial charge in [-0.1, -0.05) is 18.1 Å². The third-order valence-corrected chi connectivity index (χ3v) is 8.76. The van der Waals surface area contributed by atoms with Gasteiger partial charge in [0, 0.05) is 35.8 Å². The van der Waals surface area contributed by atoms with Gasteiger partial charge in [-0.2, -0.15) is 5.10 Å². The smallest absolute Gasteiger partial charge is 0.306 e. The lowest BCUT2D eigenvalue weighted by Crippen LogP contribution is -2.39. The van der Waals surface area contributed by atoms with E-state index in [2.05, 4.69) is 53.2 Å². The summed E-state index contributed by atoms with van der Waals surface area (Å²) < 4.78 is 1.94. The van der Waals surface area contributed by atoms with Crippen molar-refractivity contribution < 1.29 is 14.7 Å². The van der Waals surface area contributed by atoms with Crippen molar-refractivity contribution in [3.8, 4) is 11.8 Å². The molecule has 196 valence electrons. The molecule has 2 heterocycles. The Morgan fingerprint density at radius 2 is 1.76 bits per heavy atom. The van der Waals surface area contributed by atoms with Crippen LogP contribution in [0.3, 0.4) is 0 Å². The van der Waals surface area contributed by atoms with Gasteiger partial charge in [-0.15, -0.1) is 5.92 Å². The van der Waals surface area contributed by atoms with E-state index in [1.54, 1.807) is 6.92 Å². The molecule has 3 atom stereocenters. The largest absolute Gasteiger partial charge is 0.481 e. The molecule has 0 spiro atoms. The lowest BCUT2D eigenvalue weighted by Gasteiger charge is -2.27. The minimum atomic E-state index is -0.743. The molecule has 3 aromatic rings. The van der Waals surface area contributed by atoms with Crippen molar-refractivity contribution in [1.82, 2.24) is 15.1 Å². The summed E-state index contributed by atoms with van der Waals surface area (Å²) in [6, 6.07) is 12.4. The van der Waals surface area contributed by atoms with Crippen LogP contribution < -0.4 is 10.2 Å². The van der Waals surface area contributed by atoms with Gasteiger partial charge in [0.05, 0.1) is 29.2 Å². The zero-order chi connectivity index (χ0) is 26.4. The summed E-state index contributed by atoms with van der Waals surface area (Å²) in [6.07, 6.45) is 5.72. The number of fused-ring (bicyclic) bond motifs is 2. The summed E-state index contributed by atoms with van der Waals surface area (Å²) in [6.45, 7) is 6.25. The van der Waals surface area contributed by atoms with E-state index in [0.717, 1.165) is 33.9 Å². The van der Waals surface area contributed by atoms with Gasteiger partial charge in [0.2, 0.25) is 0 Å². The number of nitrogens with zero attached hydrogens (tertiary/aromatic N) is 3. The fourth-order valence-corrected chi connectivity index (χ4v) is 6.35. The Morgan fingerprint density at radius 3 is 2.42 bits per heavy atom. The predicted molar refractivity (Wildman–Crippen MR) is 147 cm³/mol. The zero-order valence-electron chi connectivity index (χ0n) is 22.0. The Morgan fingerprint density at radius 1 is 1.05 bits per heavy atom. The van der Waals surface area contributed by atoms with Crippen molar-refractivity contribution in [3.05, 3.63) is 59.3 Å². The number of aliphatic carboxylic acids is 1. The molecular formula is C31H34N4O3. The third kappa shape index (κ3) is 4.53. The van der Waals surface area contributed by atoms with Crippen LogP contribution in [0, 0.1) is 29.6 Å². The maximum atomic E-state index is 13.5. The number of amides is 1. The van der Waals surface area contributed by atoms with Crippen LogP contribution in [-0.4, -0.2) is 45.9 Å². The molecule has 1 aliphatic heterocycles. The summed E-state index contributed by atoms with van der Waals surface area (Å²) in [5, 5.41) is 18.1. The second-order valence-corrected chi connectivity index (χ2v) is 11.2. The second kappa shape index (κ2) is 9.83. The first kappa shape index (κ1) is 24.5. The average molecular weight is 511 g/mol. The number of hydrogen-bond donors (Lipinski definition) is 2. The number of piperidine rings is 1. The molecule has 7 nitrogen and oxygen atoms in total. The van der Waals surface area contributed by atoms with Crippen molar-refractivity contribution in [2.45, 2.75) is 58.0 Å². The molecule has 7 heteroatoms. The Hall–Kier alpha value is -3.79. The number of rotatable bonds is 6. The van der Waals surface area contributed by atoms with Gasteiger partial charge in [0.1, 0.15) is 0 Å². The molecule has 2 aromatic carbocycles. The minimum absolute atomic E-state index is 0.0266. The SMILES string of the molecule is CC#Cc1ccc(C(=O)NC2CCC(C(=O)O)CC2)c2c1cnn2[C@@H](C)c1ccc(N2CC3CC3C2)cc1. The summed E-state index contributed by atoms with van der Waals surface area (Å²) in [7, 11) is 0. The van der Waals surface area contributed by atoms with Gasteiger partial charge in [0.25, 0.3) is 5.91 Å². The average Bonchev–Trinajstić information content (AvgIpc) is 3.31. The van der Waals surface area contributed by atoms with Crippen LogP contribution in [0.4, 0.5) is 5.69 Å². The normalized spacial score (nSPS) is 24.8. The topological polar surface area (TPSA) is 87.5 Å². The van der Waals surface area contributed by atoms with E-state index in [4.69, 9.17) is 5.10 Å². The van der Waals surface area contributed by atoms with Crippen molar-refractivity contribution in [3.63, 3.8) is 0 Å². The van der Waals surface area contributed by atoms with Crippen LogP contribution >= 0.6 is 0 Å². The van der Waals surface area contributed by atoms with Crippen LogP contribution in [0.25, 0.3) is 10.9 Å². The molecule has 0 radical (unpaired) electrons. The predicted octanol–water partition coefficient (Wildman–Crippen LogP) is 4.85. The molecule has 38 heavy (non-hydrogen) atoms. The number of hydrogen-bond acceptors (Lipinski definition) is 4. The number of carboxylic acids is 1. The van der Waals surface area contributed by atoms with E-state index in [9.17, 15) is 14.7 Å². The minimum Gasteiger partial charge on any atom is -0.481 e. The third-order valence-electron chi connectivity index (χ3n) is 8.76. The van der Waals surface area contributed by atoms with Gasteiger partial charge in [-0.05, 0) is 87.6 Å². The van der Waals surface area contributed by atoms with E-state index < -0.39 is 5.97 Å². The molecule has 1 amide bonds. The Bertz CT molecular complexity index is 1430. The van der Waals surface area contributed by atoms with Crippen molar-refractivity contribution in [1.29, 1.82) is 0 Å².